The number of nitrogens with two attached hydrogens (primary N) is 1. The number of benzene rings is 2. The summed E-state index contributed by atoms with van der Waals surface area (Å²) in [6.45, 7) is 0. The van der Waals surface area contributed by atoms with Crippen molar-refractivity contribution >= 4 is 44.3 Å². The predicted molar refractivity (Wildman–Crippen MR) is 76.6 cm³/mol. The Labute approximate surface area is 117 Å². The molecule has 0 radical (unpaired) electrons. The minimum absolute atomic E-state index is 0.488. The zero-order valence-corrected chi connectivity index (χ0v) is 11.5. The molecule has 0 aliphatic carbocycles. The average Bonchev–Trinajstić information content (AvgIpc) is 2.74. The molecule has 3 nitrogen and oxygen atoms in total. The van der Waals surface area contributed by atoms with Crippen molar-refractivity contribution in [3.05, 3.63) is 45.9 Å². The summed E-state index contributed by atoms with van der Waals surface area (Å²) in [6, 6.07) is 10.9. The van der Waals surface area contributed by atoms with Gasteiger partial charge in [-0.05, 0) is 30.3 Å². The Balaban J connectivity index is 2.22. The fourth-order valence-corrected chi connectivity index (χ4v) is 2.28. The summed E-state index contributed by atoms with van der Waals surface area (Å²) in [4.78, 5) is 4.40. The molecular weight excluding hydrogens is 316 g/mol. The summed E-state index contributed by atoms with van der Waals surface area (Å²) in [7, 11) is 0. The summed E-state index contributed by atoms with van der Waals surface area (Å²) in [5.74, 6) is 0.488. The Morgan fingerprint density at radius 3 is 2.83 bits per heavy atom. The fourth-order valence-electron chi connectivity index (χ4n) is 1.72. The van der Waals surface area contributed by atoms with E-state index in [1.165, 1.54) is 0 Å². The van der Waals surface area contributed by atoms with E-state index in [0.29, 0.717) is 22.2 Å². The van der Waals surface area contributed by atoms with Crippen molar-refractivity contribution in [2.24, 2.45) is 0 Å². The van der Waals surface area contributed by atoms with Gasteiger partial charge in [0.2, 0.25) is 5.89 Å². The third-order valence-electron chi connectivity index (χ3n) is 2.57. The highest BCUT2D eigenvalue weighted by Gasteiger charge is 2.12. The zero-order valence-electron chi connectivity index (χ0n) is 9.15. The van der Waals surface area contributed by atoms with Gasteiger partial charge in [0.15, 0.2) is 5.58 Å². The van der Waals surface area contributed by atoms with E-state index in [1.54, 1.807) is 18.2 Å². The van der Waals surface area contributed by atoms with Gasteiger partial charge in [-0.2, -0.15) is 0 Å². The molecule has 1 aromatic heterocycles. The van der Waals surface area contributed by atoms with Gasteiger partial charge in [-0.15, -0.1) is 0 Å². The van der Waals surface area contributed by atoms with Crippen molar-refractivity contribution in [1.82, 2.24) is 4.98 Å². The molecule has 2 aromatic carbocycles. The van der Waals surface area contributed by atoms with Crippen molar-refractivity contribution in [3.8, 4) is 11.5 Å². The number of hydrogen-bond donors (Lipinski definition) is 1. The van der Waals surface area contributed by atoms with E-state index in [1.807, 2.05) is 18.2 Å². The molecule has 3 rings (SSSR count). The minimum atomic E-state index is 0.488. The molecular formula is C13H8BrClN2O. The fraction of sp³-hybridized carbons (Fsp3) is 0. The van der Waals surface area contributed by atoms with Crippen molar-refractivity contribution < 1.29 is 4.42 Å². The van der Waals surface area contributed by atoms with Crippen LogP contribution in [0.5, 0.6) is 0 Å². The number of anilines is 1. The van der Waals surface area contributed by atoms with Crippen LogP contribution in [0, 0.1) is 0 Å². The lowest BCUT2D eigenvalue weighted by molar-refractivity contribution is 0.620. The Morgan fingerprint density at radius 1 is 1.17 bits per heavy atom. The first kappa shape index (κ1) is 11.6. The number of fused-ring (bicyclic) bond motifs is 1. The van der Waals surface area contributed by atoms with Crippen molar-refractivity contribution in [2.45, 2.75) is 0 Å². The van der Waals surface area contributed by atoms with Gasteiger partial charge in [-0.1, -0.05) is 27.5 Å². The Bertz CT molecular complexity index is 739. The van der Waals surface area contributed by atoms with E-state index >= 15 is 0 Å². The highest BCUT2D eigenvalue weighted by molar-refractivity contribution is 9.10. The normalized spacial score (nSPS) is 11.0. The third kappa shape index (κ3) is 1.98. The lowest BCUT2D eigenvalue weighted by Gasteiger charge is -1.99. The van der Waals surface area contributed by atoms with Crippen molar-refractivity contribution in [3.63, 3.8) is 0 Å². The summed E-state index contributed by atoms with van der Waals surface area (Å²) in [5.41, 5.74) is 8.51. The second-order valence-corrected chi connectivity index (χ2v) is 5.19. The van der Waals surface area contributed by atoms with Crippen molar-refractivity contribution in [1.29, 1.82) is 0 Å². The molecule has 0 saturated carbocycles. The van der Waals surface area contributed by atoms with Crippen LogP contribution in [0.25, 0.3) is 22.6 Å². The molecule has 0 fully saturated rings. The van der Waals surface area contributed by atoms with Crippen LogP contribution in [0.1, 0.15) is 0 Å². The number of oxazole rings is 1. The molecule has 1 heterocycles. The number of rotatable bonds is 1. The molecule has 90 valence electrons. The molecule has 2 N–H and O–H groups in total. The molecule has 0 unspecified atom stereocenters. The van der Waals surface area contributed by atoms with Gasteiger partial charge in [-0.25, -0.2) is 4.98 Å². The van der Waals surface area contributed by atoms with E-state index in [4.69, 9.17) is 21.8 Å². The molecule has 0 saturated heterocycles. The number of nitrogen functional groups attached to an aromatic ring is 1. The maximum atomic E-state index is 6.14. The van der Waals surface area contributed by atoms with Crippen LogP contribution in [0.15, 0.2) is 45.3 Å². The second kappa shape index (κ2) is 4.30. The maximum Gasteiger partial charge on any atom is 0.228 e. The highest BCUT2D eigenvalue weighted by atomic mass is 79.9. The minimum Gasteiger partial charge on any atom is -0.436 e. The van der Waals surface area contributed by atoms with E-state index in [9.17, 15) is 0 Å². The number of halogens is 2. The molecule has 0 spiro atoms. The van der Waals surface area contributed by atoms with Gasteiger partial charge in [0.1, 0.15) is 5.52 Å². The molecule has 3 aromatic rings. The lowest BCUT2D eigenvalue weighted by atomic mass is 10.2. The SMILES string of the molecule is Nc1ccc2nc(-c3cc(Br)ccc3Cl)oc2c1. The number of hydrogen-bond acceptors (Lipinski definition) is 3. The first-order valence-electron chi connectivity index (χ1n) is 5.25. The van der Waals surface area contributed by atoms with Gasteiger partial charge in [0.05, 0.1) is 10.6 Å². The van der Waals surface area contributed by atoms with Gasteiger partial charge in [0.25, 0.3) is 0 Å². The quantitative estimate of drug-likeness (QED) is 0.671. The van der Waals surface area contributed by atoms with Crippen LogP contribution in [-0.4, -0.2) is 4.98 Å². The van der Waals surface area contributed by atoms with Crippen LogP contribution in [-0.2, 0) is 0 Å². The molecule has 18 heavy (non-hydrogen) atoms. The molecule has 0 amide bonds. The summed E-state index contributed by atoms with van der Waals surface area (Å²) in [6.07, 6.45) is 0. The van der Waals surface area contributed by atoms with E-state index in [2.05, 4.69) is 20.9 Å². The Hall–Kier alpha value is -1.52. The number of nitrogens with zero attached hydrogens (tertiary/aromatic N) is 1. The summed E-state index contributed by atoms with van der Waals surface area (Å²) < 4.78 is 6.59. The predicted octanol–water partition coefficient (Wildman–Crippen LogP) is 4.49. The van der Waals surface area contributed by atoms with E-state index < -0.39 is 0 Å². The molecule has 0 aliphatic rings. The van der Waals surface area contributed by atoms with Gasteiger partial charge in [-0.3, -0.25) is 0 Å². The van der Waals surface area contributed by atoms with Crippen LogP contribution in [0.4, 0.5) is 5.69 Å². The topological polar surface area (TPSA) is 52.0 Å². The Kier molecular flexibility index (Phi) is 2.76. The first-order chi connectivity index (χ1) is 8.63. The summed E-state index contributed by atoms with van der Waals surface area (Å²) >= 11 is 9.55. The van der Waals surface area contributed by atoms with Crippen LogP contribution in [0.2, 0.25) is 5.02 Å². The molecule has 5 heteroatoms. The second-order valence-electron chi connectivity index (χ2n) is 3.87. The zero-order chi connectivity index (χ0) is 12.7. The van der Waals surface area contributed by atoms with Crippen LogP contribution >= 0.6 is 27.5 Å². The lowest BCUT2D eigenvalue weighted by Crippen LogP contribution is -1.81. The van der Waals surface area contributed by atoms with Gasteiger partial charge >= 0.3 is 0 Å². The maximum absolute atomic E-state index is 6.14. The molecule has 0 bridgehead atoms. The molecule has 0 aliphatic heterocycles. The first-order valence-corrected chi connectivity index (χ1v) is 6.42. The standard InChI is InChI=1S/C13H8BrClN2O/c14-7-1-3-10(15)9(5-7)13-17-11-4-2-8(16)6-12(11)18-13/h1-6H,16H2. The van der Waals surface area contributed by atoms with Crippen LogP contribution in [0.3, 0.4) is 0 Å². The molecule has 0 atom stereocenters. The van der Waals surface area contributed by atoms with Gasteiger partial charge in [0, 0.05) is 16.2 Å². The third-order valence-corrected chi connectivity index (χ3v) is 3.39. The van der Waals surface area contributed by atoms with Crippen molar-refractivity contribution in [2.75, 3.05) is 5.73 Å². The summed E-state index contributed by atoms with van der Waals surface area (Å²) in [5, 5.41) is 0.595. The van der Waals surface area contributed by atoms with Crippen LogP contribution < -0.4 is 5.73 Å². The number of aromatic nitrogens is 1. The largest absolute Gasteiger partial charge is 0.436 e. The smallest absolute Gasteiger partial charge is 0.228 e. The Morgan fingerprint density at radius 2 is 2.00 bits per heavy atom. The monoisotopic (exact) mass is 322 g/mol. The van der Waals surface area contributed by atoms with Gasteiger partial charge < -0.3 is 10.2 Å². The average molecular weight is 324 g/mol. The van der Waals surface area contributed by atoms with E-state index in [0.717, 1.165) is 15.6 Å². The van der Waals surface area contributed by atoms with E-state index in [-0.39, 0.29) is 0 Å². The highest BCUT2D eigenvalue weighted by Crippen LogP contribution is 2.32.